The molecule has 0 saturated carbocycles. The molecule has 0 aromatic heterocycles. The minimum Gasteiger partial charge on any atom is -0.394 e. The highest BCUT2D eigenvalue weighted by molar-refractivity contribution is 5.85. The van der Waals surface area contributed by atoms with Crippen molar-refractivity contribution >= 4 is 5.91 Å². The second-order valence-electron chi connectivity index (χ2n) is 6.04. The lowest BCUT2D eigenvalue weighted by Crippen LogP contribution is -2.61. The highest BCUT2D eigenvalue weighted by Crippen LogP contribution is 2.23. The zero-order valence-corrected chi connectivity index (χ0v) is 11.9. The molecule has 1 saturated heterocycles. The van der Waals surface area contributed by atoms with Crippen LogP contribution >= 0.6 is 0 Å². The van der Waals surface area contributed by atoms with Gasteiger partial charge in [-0.1, -0.05) is 13.3 Å². The molecule has 5 nitrogen and oxygen atoms in total. The number of carbonyl (C=O) groups is 1. The van der Waals surface area contributed by atoms with Gasteiger partial charge in [0.05, 0.1) is 23.9 Å². The van der Waals surface area contributed by atoms with Crippen LogP contribution in [0.1, 0.15) is 40.5 Å². The molecule has 0 radical (unpaired) electrons. The van der Waals surface area contributed by atoms with Crippen molar-refractivity contribution < 1.29 is 14.6 Å². The monoisotopic (exact) mass is 258 g/mol. The van der Waals surface area contributed by atoms with Crippen LogP contribution in [0.3, 0.4) is 0 Å². The number of aliphatic hydroxyl groups is 1. The van der Waals surface area contributed by atoms with Crippen LogP contribution < -0.4 is 5.73 Å². The van der Waals surface area contributed by atoms with Crippen LogP contribution in [0.4, 0.5) is 0 Å². The zero-order chi connectivity index (χ0) is 14.0. The maximum atomic E-state index is 12.4. The molecule has 0 bridgehead atoms. The number of nitrogens with two attached hydrogens (primary N) is 1. The van der Waals surface area contributed by atoms with Gasteiger partial charge in [-0.15, -0.1) is 0 Å². The van der Waals surface area contributed by atoms with Crippen molar-refractivity contribution in [2.75, 3.05) is 19.7 Å². The number of carbonyl (C=O) groups excluding carboxylic acids is 1. The standard InChI is InChI=1S/C13H26N2O3/c1-5-6-13(4,14)11(17)15-7-10(8-16)18-12(2,3)9-15/h10,16H,5-9,14H2,1-4H3. The summed E-state index contributed by atoms with van der Waals surface area (Å²) in [6, 6.07) is 0. The van der Waals surface area contributed by atoms with Crippen LogP contribution in [-0.2, 0) is 9.53 Å². The predicted molar refractivity (Wildman–Crippen MR) is 70.1 cm³/mol. The molecule has 1 rings (SSSR count). The Hall–Kier alpha value is -0.650. The molecule has 1 amide bonds. The van der Waals surface area contributed by atoms with E-state index in [0.29, 0.717) is 19.5 Å². The smallest absolute Gasteiger partial charge is 0.242 e. The summed E-state index contributed by atoms with van der Waals surface area (Å²) < 4.78 is 5.69. The Labute approximate surface area is 109 Å². The molecule has 3 N–H and O–H groups in total. The Morgan fingerprint density at radius 2 is 2.22 bits per heavy atom. The zero-order valence-electron chi connectivity index (χ0n) is 11.9. The molecule has 5 heteroatoms. The minimum atomic E-state index is -0.831. The average molecular weight is 258 g/mol. The first-order valence-corrected chi connectivity index (χ1v) is 6.59. The van der Waals surface area contributed by atoms with Crippen molar-refractivity contribution in [2.45, 2.75) is 57.8 Å². The summed E-state index contributed by atoms with van der Waals surface area (Å²) in [4.78, 5) is 14.1. The van der Waals surface area contributed by atoms with Gasteiger partial charge in [0.25, 0.3) is 0 Å². The lowest BCUT2D eigenvalue weighted by Gasteiger charge is -2.44. The molecule has 1 aliphatic heterocycles. The molecular weight excluding hydrogens is 232 g/mol. The van der Waals surface area contributed by atoms with Crippen LogP contribution in [-0.4, -0.2) is 52.9 Å². The van der Waals surface area contributed by atoms with Gasteiger partial charge >= 0.3 is 0 Å². The van der Waals surface area contributed by atoms with Crippen LogP contribution in [0.15, 0.2) is 0 Å². The van der Waals surface area contributed by atoms with E-state index in [4.69, 9.17) is 10.5 Å². The topological polar surface area (TPSA) is 75.8 Å². The van der Waals surface area contributed by atoms with Gasteiger partial charge in [-0.3, -0.25) is 4.79 Å². The van der Waals surface area contributed by atoms with Crippen LogP contribution in [0.2, 0.25) is 0 Å². The van der Waals surface area contributed by atoms with Gasteiger partial charge in [0, 0.05) is 13.1 Å². The fourth-order valence-electron chi connectivity index (χ4n) is 2.53. The molecule has 1 heterocycles. The molecule has 0 spiro atoms. The van der Waals surface area contributed by atoms with E-state index in [1.807, 2.05) is 20.8 Å². The molecule has 1 aliphatic rings. The van der Waals surface area contributed by atoms with Gasteiger partial charge in [0.2, 0.25) is 5.91 Å². The third-order valence-electron chi connectivity index (χ3n) is 3.23. The second kappa shape index (κ2) is 5.55. The number of rotatable bonds is 4. The van der Waals surface area contributed by atoms with E-state index in [2.05, 4.69) is 0 Å². The lowest BCUT2D eigenvalue weighted by atomic mass is 9.94. The highest BCUT2D eigenvalue weighted by Gasteiger charge is 2.40. The van der Waals surface area contributed by atoms with E-state index < -0.39 is 11.1 Å². The van der Waals surface area contributed by atoms with Gasteiger partial charge in [-0.25, -0.2) is 0 Å². The van der Waals surface area contributed by atoms with Crippen molar-refractivity contribution in [2.24, 2.45) is 5.73 Å². The highest BCUT2D eigenvalue weighted by atomic mass is 16.5. The van der Waals surface area contributed by atoms with E-state index in [-0.39, 0.29) is 18.6 Å². The molecule has 106 valence electrons. The Bertz CT molecular complexity index is 303. The average Bonchev–Trinajstić information content (AvgIpc) is 2.25. The van der Waals surface area contributed by atoms with Gasteiger partial charge in [-0.2, -0.15) is 0 Å². The van der Waals surface area contributed by atoms with Crippen molar-refractivity contribution in [3.05, 3.63) is 0 Å². The fourth-order valence-corrected chi connectivity index (χ4v) is 2.53. The van der Waals surface area contributed by atoms with E-state index in [1.165, 1.54) is 0 Å². The Balaban J connectivity index is 2.78. The van der Waals surface area contributed by atoms with E-state index >= 15 is 0 Å². The number of hydrogen-bond acceptors (Lipinski definition) is 4. The maximum Gasteiger partial charge on any atom is 0.242 e. The summed E-state index contributed by atoms with van der Waals surface area (Å²) >= 11 is 0. The molecule has 0 aliphatic carbocycles. The van der Waals surface area contributed by atoms with Gasteiger partial charge in [-0.05, 0) is 27.2 Å². The van der Waals surface area contributed by atoms with E-state index in [0.717, 1.165) is 6.42 Å². The van der Waals surface area contributed by atoms with Gasteiger partial charge in [0.1, 0.15) is 0 Å². The molecule has 1 fully saturated rings. The number of nitrogens with zero attached hydrogens (tertiary/aromatic N) is 1. The largest absolute Gasteiger partial charge is 0.394 e. The molecular formula is C13H26N2O3. The summed E-state index contributed by atoms with van der Waals surface area (Å²) in [5, 5.41) is 9.23. The lowest BCUT2D eigenvalue weighted by molar-refractivity contribution is -0.170. The van der Waals surface area contributed by atoms with Crippen molar-refractivity contribution in [3.63, 3.8) is 0 Å². The number of hydrogen-bond donors (Lipinski definition) is 2. The molecule has 2 atom stereocenters. The SMILES string of the molecule is CCCC(C)(N)C(=O)N1CC(CO)OC(C)(C)C1. The summed E-state index contributed by atoms with van der Waals surface area (Å²) in [6.07, 6.45) is 1.21. The minimum absolute atomic E-state index is 0.0563. The number of ether oxygens (including phenoxy) is 1. The number of aliphatic hydroxyl groups excluding tert-OH is 1. The Kier molecular flexibility index (Phi) is 4.75. The Morgan fingerprint density at radius 3 is 2.72 bits per heavy atom. The van der Waals surface area contributed by atoms with E-state index in [1.54, 1.807) is 11.8 Å². The third-order valence-corrected chi connectivity index (χ3v) is 3.23. The summed E-state index contributed by atoms with van der Waals surface area (Å²) in [5.41, 5.74) is 4.81. The molecule has 2 unspecified atom stereocenters. The van der Waals surface area contributed by atoms with Crippen molar-refractivity contribution in [3.8, 4) is 0 Å². The molecule has 18 heavy (non-hydrogen) atoms. The Morgan fingerprint density at radius 1 is 1.61 bits per heavy atom. The summed E-state index contributed by atoms with van der Waals surface area (Å²) in [5.74, 6) is -0.0563. The molecule has 0 aromatic carbocycles. The normalized spacial score (nSPS) is 26.8. The van der Waals surface area contributed by atoms with Crippen molar-refractivity contribution in [1.29, 1.82) is 0 Å². The van der Waals surface area contributed by atoms with Crippen LogP contribution in [0.25, 0.3) is 0 Å². The quantitative estimate of drug-likeness (QED) is 0.770. The summed E-state index contributed by atoms with van der Waals surface area (Å²) in [6.45, 7) is 8.47. The summed E-state index contributed by atoms with van der Waals surface area (Å²) in [7, 11) is 0. The van der Waals surface area contributed by atoms with Crippen molar-refractivity contribution in [1.82, 2.24) is 4.90 Å². The first-order valence-electron chi connectivity index (χ1n) is 6.59. The maximum absolute atomic E-state index is 12.4. The first kappa shape index (κ1) is 15.4. The van der Waals surface area contributed by atoms with Gasteiger partial charge in [0.15, 0.2) is 0 Å². The van der Waals surface area contributed by atoms with Crippen LogP contribution in [0, 0.1) is 0 Å². The number of morpholine rings is 1. The fraction of sp³-hybridized carbons (Fsp3) is 0.923. The van der Waals surface area contributed by atoms with E-state index in [9.17, 15) is 9.90 Å². The third kappa shape index (κ3) is 3.67. The number of amides is 1. The van der Waals surface area contributed by atoms with Crippen LogP contribution in [0.5, 0.6) is 0 Å². The first-order chi connectivity index (χ1) is 8.22. The molecule has 0 aromatic rings. The van der Waals surface area contributed by atoms with Gasteiger partial charge < -0.3 is 20.5 Å². The second-order valence-corrected chi connectivity index (χ2v) is 6.04. The predicted octanol–water partition coefficient (Wildman–Crippen LogP) is 0.502.